The van der Waals surface area contributed by atoms with Crippen LogP contribution in [0.15, 0.2) is 60.7 Å². The fourth-order valence-corrected chi connectivity index (χ4v) is 2.64. The van der Waals surface area contributed by atoms with Crippen LogP contribution >= 0.6 is 0 Å². The molecule has 2 atom stereocenters. The first-order valence-corrected chi connectivity index (χ1v) is 9.25. The van der Waals surface area contributed by atoms with E-state index in [9.17, 15) is 9.59 Å². The molecule has 4 amide bonds. The smallest absolute Gasteiger partial charge is 0.315 e. The molecule has 0 bridgehead atoms. The predicted octanol–water partition coefficient (Wildman–Crippen LogP) is 3.50. The number of hydrogen-bond acceptors (Lipinski definition) is 2. The number of rotatable bonds is 8. The number of carbonyl (C=O) groups is 2. The van der Waals surface area contributed by atoms with Crippen molar-refractivity contribution >= 4 is 12.1 Å². The molecule has 0 spiro atoms. The summed E-state index contributed by atoms with van der Waals surface area (Å²) in [4.78, 5) is 23.8. The maximum atomic E-state index is 11.9. The Morgan fingerprint density at radius 2 is 1.07 bits per heavy atom. The Morgan fingerprint density at radius 3 is 1.44 bits per heavy atom. The van der Waals surface area contributed by atoms with E-state index in [1.54, 1.807) is 0 Å². The van der Waals surface area contributed by atoms with Gasteiger partial charge in [-0.2, -0.15) is 0 Å². The Hall–Kier alpha value is -3.02. The molecular formula is C21H28N4O2. The van der Waals surface area contributed by atoms with E-state index in [0.717, 1.165) is 11.1 Å². The van der Waals surface area contributed by atoms with Crippen molar-refractivity contribution in [1.82, 2.24) is 21.3 Å². The summed E-state index contributed by atoms with van der Waals surface area (Å²) in [6, 6.07) is 19.0. The van der Waals surface area contributed by atoms with Crippen LogP contribution in [0.3, 0.4) is 0 Å². The minimum absolute atomic E-state index is 0.0606. The van der Waals surface area contributed by atoms with E-state index < -0.39 is 0 Å². The third kappa shape index (κ3) is 7.40. The summed E-state index contributed by atoms with van der Waals surface area (Å²) in [5.41, 5.74) is 2.11. The molecule has 2 unspecified atom stereocenters. The summed E-state index contributed by atoms with van der Waals surface area (Å²) >= 11 is 0. The van der Waals surface area contributed by atoms with E-state index in [1.807, 2.05) is 74.5 Å². The zero-order valence-electron chi connectivity index (χ0n) is 15.9. The summed E-state index contributed by atoms with van der Waals surface area (Å²) in [6.07, 6.45) is 0.653. The second-order valence-electron chi connectivity index (χ2n) is 6.42. The van der Waals surface area contributed by atoms with Crippen LogP contribution in [0.5, 0.6) is 0 Å². The van der Waals surface area contributed by atoms with Gasteiger partial charge in [0.2, 0.25) is 0 Å². The molecule has 0 saturated heterocycles. The van der Waals surface area contributed by atoms with E-state index in [2.05, 4.69) is 21.3 Å². The lowest BCUT2D eigenvalue weighted by molar-refractivity contribution is 0.236. The molecule has 0 aliphatic carbocycles. The lowest BCUT2D eigenvalue weighted by Crippen LogP contribution is -2.40. The van der Waals surface area contributed by atoms with Crippen molar-refractivity contribution in [3.8, 4) is 0 Å². The first kappa shape index (κ1) is 20.3. The van der Waals surface area contributed by atoms with Gasteiger partial charge in [0.15, 0.2) is 0 Å². The highest BCUT2D eigenvalue weighted by Crippen LogP contribution is 2.11. The molecule has 4 N–H and O–H groups in total. The number of nitrogens with one attached hydrogen (secondary N) is 4. The molecule has 0 aliphatic heterocycles. The maximum Gasteiger partial charge on any atom is 0.315 e. The van der Waals surface area contributed by atoms with Crippen molar-refractivity contribution in [2.24, 2.45) is 0 Å². The average Bonchev–Trinajstić information content (AvgIpc) is 2.69. The van der Waals surface area contributed by atoms with E-state index in [4.69, 9.17) is 0 Å². The minimum atomic E-state index is -0.214. The van der Waals surface area contributed by atoms with E-state index in [1.165, 1.54) is 0 Å². The largest absolute Gasteiger partial charge is 0.338 e. The molecule has 0 aromatic heterocycles. The Kier molecular flexibility index (Phi) is 8.16. The topological polar surface area (TPSA) is 82.3 Å². The molecule has 0 heterocycles. The van der Waals surface area contributed by atoms with Crippen molar-refractivity contribution in [2.75, 3.05) is 13.1 Å². The molecule has 0 aliphatic rings. The second kappa shape index (κ2) is 10.9. The van der Waals surface area contributed by atoms with E-state index in [0.29, 0.717) is 19.5 Å². The lowest BCUT2D eigenvalue weighted by atomic mass is 10.1. The summed E-state index contributed by atoms with van der Waals surface area (Å²) in [7, 11) is 0. The van der Waals surface area contributed by atoms with Crippen molar-refractivity contribution in [1.29, 1.82) is 0 Å². The zero-order valence-corrected chi connectivity index (χ0v) is 15.9. The molecule has 6 heteroatoms. The van der Waals surface area contributed by atoms with Gasteiger partial charge in [-0.25, -0.2) is 9.59 Å². The van der Waals surface area contributed by atoms with Crippen molar-refractivity contribution < 1.29 is 9.59 Å². The molecule has 0 saturated carbocycles. The summed E-state index contributed by atoms with van der Waals surface area (Å²) in [6.45, 7) is 4.85. The lowest BCUT2D eigenvalue weighted by Gasteiger charge is -2.16. The van der Waals surface area contributed by atoms with Crippen LogP contribution in [0.25, 0.3) is 0 Å². The molecule has 2 rings (SSSR count). The molecule has 6 nitrogen and oxygen atoms in total. The number of hydrogen-bond donors (Lipinski definition) is 4. The van der Waals surface area contributed by atoms with Gasteiger partial charge < -0.3 is 21.3 Å². The van der Waals surface area contributed by atoms with Crippen LogP contribution in [0.1, 0.15) is 43.5 Å². The summed E-state index contributed by atoms with van der Waals surface area (Å²) in [5.74, 6) is 0. The van der Waals surface area contributed by atoms with Gasteiger partial charge in [0, 0.05) is 13.1 Å². The first-order valence-electron chi connectivity index (χ1n) is 9.25. The van der Waals surface area contributed by atoms with Crippen molar-refractivity contribution in [3.63, 3.8) is 0 Å². The van der Waals surface area contributed by atoms with Gasteiger partial charge in [0.1, 0.15) is 0 Å². The second-order valence-corrected chi connectivity index (χ2v) is 6.42. The summed E-state index contributed by atoms with van der Waals surface area (Å²) in [5, 5.41) is 11.4. The Labute approximate surface area is 160 Å². The first-order chi connectivity index (χ1) is 13.1. The standard InChI is InChI=1S/C21H28N4O2/c1-16(18-10-5-3-6-11-18)24-20(26)22-14-9-15-23-21(27)25-17(2)19-12-7-4-8-13-19/h3-8,10-13,16-17H,9,14-15H2,1-2H3,(H2,22,24,26)(H2,23,25,27). The van der Waals surface area contributed by atoms with Crippen LogP contribution in [0.4, 0.5) is 9.59 Å². The van der Waals surface area contributed by atoms with Gasteiger partial charge in [0.25, 0.3) is 0 Å². The average molecular weight is 368 g/mol. The van der Waals surface area contributed by atoms with Crippen LogP contribution < -0.4 is 21.3 Å². The van der Waals surface area contributed by atoms with Crippen LogP contribution in [-0.2, 0) is 0 Å². The Balaban J connectivity index is 1.57. The molecule has 144 valence electrons. The molecule has 0 radical (unpaired) electrons. The number of carbonyl (C=O) groups excluding carboxylic acids is 2. The van der Waals surface area contributed by atoms with E-state index >= 15 is 0 Å². The van der Waals surface area contributed by atoms with Gasteiger partial charge in [-0.15, -0.1) is 0 Å². The third-order valence-corrected chi connectivity index (χ3v) is 4.22. The van der Waals surface area contributed by atoms with Gasteiger partial charge in [-0.05, 0) is 31.4 Å². The number of urea groups is 2. The fraction of sp³-hybridized carbons (Fsp3) is 0.333. The predicted molar refractivity (Wildman–Crippen MR) is 107 cm³/mol. The highest BCUT2D eigenvalue weighted by molar-refractivity contribution is 5.75. The van der Waals surface area contributed by atoms with Crippen molar-refractivity contribution in [3.05, 3.63) is 71.8 Å². The molecular weight excluding hydrogens is 340 g/mol. The highest BCUT2D eigenvalue weighted by atomic mass is 16.2. The zero-order chi connectivity index (χ0) is 19.5. The van der Waals surface area contributed by atoms with Gasteiger partial charge in [-0.3, -0.25) is 0 Å². The van der Waals surface area contributed by atoms with Crippen LogP contribution in [-0.4, -0.2) is 25.2 Å². The highest BCUT2D eigenvalue weighted by Gasteiger charge is 2.09. The maximum absolute atomic E-state index is 11.9. The molecule has 0 fully saturated rings. The summed E-state index contributed by atoms with van der Waals surface area (Å²) < 4.78 is 0. The molecule has 2 aromatic carbocycles. The monoisotopic (exact) mass is 368 g/mol. The normalized spacial score (nSPS) is 12.5. The quantitative estimate of drug-likeness (QED) is 0.538. The number of amides is 4. The molecule has 2 aromatic rings. The fourth-order valence-electron chi connectivity index (χ4n) is 2.64. The van der Waals surface area contributed by atoms with Gasteiger partial charge in [-0.1, -0.05) is 60.7 Å². The van der Waals surface area contributed by atoms with Crippen molar-refractivity contribution in [2.45, 2.75) is 32.4 Å². The SMILES string of the molecule is CC(NC(=O)NCCCNC(=O)NC(C)c1ccccc1)c1ccccc1. The number of benzene rings is 2. The minimum Gasteiger partial charge on any atom is -0.338 e. The Morgan fingerprint density at radius 1 is 0.704 bits per heavy atom. The Bertz CT molecular complexity index is 645. The third-order valence-electron chi connectivity index (χ3n) is 4.22. The van der Waals surface area contributed by atoms with Crippen LogP contribution in [0, 0.1) is 0 Å². The van der Waals surface area contributed by atoms with Crippen LogP contribution in [0.2, 0.25) is 0 Å². The van der Waals surface area contributed by atoms with Gasteiger partial charge >= 0.3 is 12.1 Å². The van der Waals surface area contributed by atoms with Gasteiger partial charge in [0.05, 0.1) is 12.1 Å². The molecule has 27 heavy (non-hydrogen) atoms. The van der Waals surface area contributed by atoms with E-state index in [-0.39, 0.29) is 24.1 Å².